The highest BCUT2D eigenvalue weighted by Gasteiger charge is 2.34. The standard InChI is InChI=1S/C35H36ClF3N6OS/c1-4-23(2)32(43-33(46)16-29-18-41-22-45(29)19-26-12-10-25(17-40)11-13-26)21-44(20-27-7-5-6-8-30(27)35(37,38)39)34(47)42-28-14-9-24(3)31(36)15-28/h5-15,18,22-23,32H,4,16,19-21H2,1-3H3,(H,42,47)(H,43,46)/t23-,32+/m0/s1. The third-order valence-electron chi connectivity index (χ3n) is 8.06. The third kappa shape index (κ3) is 9.80. The van der Waals surface area contributed by atoms with Crippen LogP contribution < -0.4 is 10.6 Å². The van der Waals surface area contributed by atoms with Gasteiger partial charge in [0.2, 0.25) is 5.91 Å². The third-order valence-corrected chi connectivity index (χ3v) is 8.83. The van der Waals surface area contributed by atoms with Gasteiger partial charge in [0.1, 0.15) is 0 Å². The van der Waals surface area contributed by atoms with Gasteiger partial charge in [-0.15, -0.1) is 0 Å². The Kier molecular flexibility index (Phi) is 12.0. The van der Waals surface area contributed by atoms with Crippen LogP contribution >= 0.6 is 23.8 Å². The number of carbonyl (C=O) groups is 1. The number of halogens is 4. The van der Waals surface area contributed by atoms with Gasteiger partial charge in [-0.25, -0.2) is 4.98 Å². The lowest BCUT2D eigenvalue weighted by Crippen LogP contribution is -2.50. The van der Waals surface area contributed by atoms with Gasteiger partial charge >= 0.3 is 6.18 Å². The van der Waals surface area contributed by atoms with Gasteiger partial charge in [-0.2, -0.15) is 18.4 Å². The number of anilines is 1. The van der Waals surface area contributed by atoms with Gasteiger partial charge in [0, 0.05) is 48.3 Å². The van der Waals surface area contributed by atoms with Crippen molar-refractivity contribution in [2.24, 2.45) is 5.92 Å². The maximum Gasteiger partial charge on any atom is 0.416 e. The maximum atomic E-state index is 14.0. The maximum absolute atomic E-state index is 14.0. The van der Waals surface area contributed by atoms with E-state index >= 15 is 0 Å². The van der Waals surface area contributed by atoms with E-state index in [-0.39, 0.29) is 42.0 Å². The Morgan fingerprint density at radius 3 is 2.53 bits per heavy atom. The molecule has 4 rings (SSSR count). The SMILES string of the molecule is CC[C@H](C)[C@@H](CN(Cc1ccccc1C(F)(F)F)C(=S)Nc1ccc(C)c(Cl)c1)NC(=O)Cc1cncn1Cc1ccc(C#N)cc1. The summed E-state index contributed by atoms with van der Waals surface area (Å²) >= 11 is 12.1. The molecule has 0 saturated heterocycles. The summed E-state index contributed by atoms with van der Waals surface area (Å²) < 4.78 is 43.8. The first-order valence-corrected chi connectivity index (χ1v) is 15.9. The molecule has 0 saturated carbocycles. The van der Waals surface area contributed by atoms with Gasteiger partial charge in [-0.3, -0.25) is 4.79 Å². The van der Waals surface area contributed by atoms with Crippen molar-refractivity contribution in [2.45, 2.75) is 58.9 Å². The molecule has 0 radical (unpaired) electrons. The van der Waals surface area contributed by atoms with Crippen LogP contribution in [0.1, 0.15) is 53.8 Å². The van der Waals surface area contributed by atoms with Crippen molar-refractivity contribution in [1.82, 2.24) is 19.8 Å². The zero-order valence-corrected chi connectivity index (χ0v) is 27.9. The Bertz CT molecular complexity index is 1730. The number of thiocarbonyl (C=S) groups is 1. The van der Waals surface area contributed by atoms with Gasteiger partial charge in [0.15, 0.2) is 5.11 Å². The topological polar surface area (TPSA) is 86.0 Å². The predicted octanol–water partition coefficient (Wildman–Crippen LogP) is 7.76. The Morgan fingerprint density at radius 1 is 1.15 bits per heavy atom. The summed E-state index contributed by atoms with van der Waals surface area (Å²) in [5, 5.41) is 16.0. The number of aryl methyl sites for hydroxylation is 1. The highest BCUT2D eigenvalue weighted by atomic mass is 35.5. The van der Waals surface area contributed by atoms with Crippen LogP contribution in [0.5, 0.6) is 0 Å². The van der Waals surface area contributed by atoms with Crippen LogP contribution in [0.25, 0.3) is 0 Å². The number of nitriles is 1. The Labute approximate surface area is 283 Å². The lowest BCUT2D eigenvalue weighted by Gasteiger charge is -2.34. The Balaban J connectivity index is 1.55. The van der Waals surface area contributed by atoms with Crippen molar-refractivity contribution >= 4 is 40.5 Å². The molecular weight excluding hydrogens is 645 g/mol. The highest BCUT2D eigenvalue weighted by molar-refractivity contribution is 7.80. The van der Waals surface area contributed by atoms with Crippen LogP contribution in [0.15, 0.2) is 79.3 Å². The van der Waals surface area contributed by atoms with Crippen molar-refractivity contribution in [3.8, 4) is 6.07 Å². The van der Waals surface area contributed by atoms with Crippen LogP contribution in [0.2, 0.25) is 5.02 Å². The summed E-state index contributed by atoms with van der Waals surface area (Å²) in [5.41, 5.74) is 2.99. The molecule has 3 aromatic carbocycles. The molecule has 2 atom stereocenters. The van der Waals surface area contributed by atoms with Gasteiger partial charge in [0.05, 0.1) is 29.9 Å². The van der Waals surface area contributed by atoms with Crippen molar-refractivity contribution in [1.29, 1.82) is 5.26 Å². The fraction of sp³-hybridized carbons (Fsp3) is 0.314. The number of hydrogen-bond donors (Lipinski definition) is 2. The molecule has 0 aliphatic carbocycles. The summed E-state index contributed by atoms with van der Waals surface area (Å²) in [6.45, 7) is 6.33. The summed E-state index contributed by atoms with van der Waals surface area (Å²) in [4.78, 5) is 19.3. The molecule has 0 bridgehead atoms. The fourth-order valence-corrected chi connectivity index (χ4v) is 5.50. The minimum atomic E-state index is -4.55. The zero-order valence-electron chi connectivity index (χ0n) is 26.3. The molecular formula is C35H36ClF3N6OS. The number of aromatic nitrogens is 2. The summed E-state index contributed by atoms with van der Waals surface area (Å²) in [5.74, 6) is -0.281. The monoisotopic (exact) mass is 680 g/mol. The second kappa shape index (κ2) is 15.9. The molecule has 246 valence electrons. The molecule has 0 aliphatic rings. The van der Waals surface area contributed by atoms with Crippen molar-refractivity contribution < 1.29 is 18.0 Å². The number of hydrogen-bond acceptors (Lipinski definition) is 4. The van der Waals surface area contributed by atoms with Gasteiger partial charge < -0.3 is 20.1 Å². The van der Waals surface area contributed by atoms with Crippen LogP contribution in [0.3, 0.4) is 0 Å². The average molecular weight is 681 g/mol. The first-order chi connectivity index (χ1) is 22.4. The molecule has 0 unspecified atom stereocenters. The van der Waals surface area contributed by atoms with E-state index < -0.39 is 17.8 Å². The molecule has 0 spiro atoms. The second-order valence-electron chi connectivity index (χ2n) is 11.5. The number of benzene rings is 3. The van der Waals surface area contributed by atoms with Gasteiger partial charge in [-0.05, 0) is 72.1 Å². The van der Waals surface area contributed by atoms with Crippen molar-refractivity contribution in [2.75, 3.05) is 11.9 Å². The number of carbonyl (C=O) groups excluding carboxylic acids is 1. The first kappa shape index (κ1) is 35.5. The van der Waals surface area contributed by atoms with Gasteiger partial charge in [0.25, 0.3) is 0 Å². The number of rotatable bonds is 12. The minimum Gasteiger partial charge on any atom is -0.351 e. The van der Waals surface area contributed by atoms with Crippen LogP contribution in [-0.2, 0) is 30.5 Å². The molecule has 1 amide bonds. The van der Waals surface area contributed by atoms with E-state index in [1.807, 2.05) is 43.5 Å². The average Bonchev–Trinajstić information content (AvgIpc) is 3.47. The van der Waals surface area contributed by atoms with E-state index in [9.17, 15) is 18.0 Å². The van der Waals surface area contributed by atoms with Gasteiger partial charge in [-0.1, -0.05) is 68.3 Å². The van der Waals surface area contributed by atoms with Crippen molar-refractivity contribution in [3.63, 3.8) is 0 Å². The zero-order chi connectivity index (χ0) is 34.1. The molecule has 12 heteroatoms. The Morgan fingerprint density at radius 2 is 1.87 bits per heavy atom. The number of amides is 1. The molecule has 4 aromatic rings. The summed E-state index contributed by atoms with van der Waals surface area (Å²) in [7, 11) is 0. The largest absolute Gasteiger partial charge is 0.416 e. The van der Waals surface area contributed by atoms with E-state index in [4.69, 9.17) is 29.1 Å². The number of nitrogens with one attached hydrogen (secondary N) is 2. The van der Waals surface area contributed by atoms with Crippen LogP contribution in [-0.4, -0.2) is 38.1 Å². The second-order valence-corrected chi connectivity index (χ2v) is 12.3. The van der Waals surface area contributed by atoms with E-state index in [1.54, 1.807) is 47.8 Å². The molecule has 7 nitrogen and oxygen atoms in total. The highest BCUT2D eigenvalue weighted by Crippen LogP contribution is 2.33. The van der Waals surface area contributed by atoms with E-state index in [1.165, 1.54) is 12.1 Å². The quantitative estimate of drug-likeness (QED) is 0.149. The van der Waals surface area contributed by atoms with E-state index in [0.29, 0.717) is 34.9 Å². The predicted molar refractivity (Wildman–Crippen MR) is 182 cm³/mol. The van der Waals surface area contributed by atoms with E-state index in [2.05, 4.69) is 21.7 Å². The number of nitrogens with zero attached hydrogens (tertiary/aromatic N) is 4. The minimum absolute atomic E-state index is 0.0283. The molecule has 0 aliphatic heterocycles. The van der Waals surface area contributed by atoms with Crippen LogP contribution in [0, 0.1) is 24.2 Å². The normalized spacial score (nSPS) is 12.6. The van der Waals surface area contributed by atoms with E-state index in [0.717, 1.165) is 17.2 Å². The Hall–Kier alpha value is -4.40. The molecule has 1 aromatic heterocycles. The van der Waals surface area contributed by atoms with Crippen LogP contribution in [0.4, 0.5) is 18.9 Å². The lowest BCUT2D eigenvalue weighted by molar-refractivity contribution is -0.138. The number of imidazole rings is 1. The number of alkyl halides is 3. The smallest absolute Gasteiger partial charge is 0.351 e. The molecule has 2 N–H and O–H groups in total. The summed E-state index contributed by atoms with van der Waals surface area (Å²) in [6, 6.07) is 19.6. The summed E-state index contributed by atoms with van der Waals surface area (Å²) in [6.07, 6.45) is -0.512. The van der Waals surface area contributed by atoms with Crippen molar-refractivity contribution in [3.05, 3.63) is 118 Å². The molecule has 0 fully saturated rings. The molecule has 1 heterocycles. The molecule has 47 heavy (non-hydrogen) atoms. The fourth-order valence-electron chi connectivity index (χ4n) is 5.06. The lowest BCUT2D eigenvalue weighted by atomic mass is 9.97. The first-order valence-electron chi connectivity index (χ1n) is 15.1.